The normalized spacial score (nSPS) is 15.9. The van der Waals surface area contributed by atoms with Crippen LogP contribution in [-0.2, 0) is 35.7 Å². The molecule has 33 heavy (non-hydrogen) atoms. The molecule has 0 bridgehead atoms. The summed E-state index contributed by atoms with van der Waals surface area (Å²) < 4.78 is 9.18. The number of phenolic OH excluding ortho intramolecular Hbond substituents is 1. The molecule has 0 saturated heterocycles. The van der Waals surface area contributed by atoms with Crippen LogP contribution in [-0.4, -0.2) is 46.1 Å². The minimum atomic E-state index is -0.425. The number of carbonyl (C=O) groups excluding carboxylic acids is 1. The molecule has 3 aromatic rings. The molecule has 7 nitrogen and oxygen atoms in total. The van der Waals surface area contributed by atoms with Crippen molar-refractivity contribution in [3.05, 3.63) is 73.9 Å². The summed E-state index contributed by atoms with van der Waals surface area (Å²) >= 11 is 6.80. The lowest BCUT2D eigenvalue weighted by Gasteiger charge is -2.23. The second-order valence-corrected chi connectivity index (χ2v) is 9.79. The Hall–Kier alpha value is -2.36. The Labute approximate surface area is 210 Å². The summed E-state index contributed by atoms with van der Waals surface area (Å²) in [5.74, 6) is 0.441. The van der Waals surface area contributed by atoms with Crippen molar-refractivity contribution in [1.82, 2.24) is 14.5 Å². The molecule has 0 fully saturated rings. The van der Waals surface area contributed by atoms with Gasteiger partial charge in [0.15, 0.2) is 0 Å². The van der Waals surface area contributed by atoms with Gasteiger partial charge in [-0.25, -0.2) is 4.98 Å². The van der Waals surface area contributed by atoms with Crippen LogP contribution in [0.1, 0.15) is 28.4 Å². The van der Waals surface area contributed by atoms with Crippen LogP contribution in [0.3, 0.4) is 0 Å². The zero-order chi connectivity index (χ0) is 23.5. The first-order valence-electron chi connectivity index (χ1n) is 10.7. The average molecular weight is 578 g/mol. The molecular weight excluding hydrogens is 552 g/mol. The van der Waals surface area contributed by atoms with E-state index in [4.69, 9.17) is 9.72 Å². The summed E-state index contributed by atoms with van der Waals surface area (Å²) in [4.78, 5) is 20.0. The third-order valence-electron chi connectivity index (χ3n) is 5.84. The molecule has 1 aliphatic heterocycles. The molecule has 0 aliphatic carbocycles. The summed E-state index contributed by atoms with van der Waals surface area (Å²) in [5, 5.41) is 13.3. The number of hydrogen-bond acceptors (Lipinski definition) is 5. The van der Waals surface area contributed by atoms with Crippen LogP contribution < -0.4 is 5.32 Å². The predicted octanol–water partition coefficient (Wildman–Crippen LogP) is 4.67. The molecule has 2 N–H and O–H groups in total. The highest BCUT2D eigenvalue weighted by atomic mass is 79.9. The van der Waals surface area contributed by atoms with E-state index >= 15 is 0 Å². The fourth-order valence-corrected chi connectivity index (χ4v) is 5.44. The number of rotatable bonds is 7. The van der Waals surface area contributed by atoms with Crippen molar-refractivity contribution in [1.29, 1.82) is 0 Å². The van der Waals surface area contributed by atoms with E-state index in [0.717, 1.165) is 22.5 Å². The van der Waals surface area contributed by atoms with Gasteiger partial charge in [-0.15, -0.1) is 0 Å². The molecule has 1 atom stereocenters. The largest absolute Gasteiger partial charge is 0.506 e. The van der Waals surface area contributed by atoms with Crippen molar-refractivity contribution in [2.75, 3.05) is 26.0 Å². The molecule has 1 unspecified atom stereocenters. The lowest BCUT2D eigenvalue weighted by molar-refractivity contribution is -0.131. The van der Waals surface area contributed by atoms with Gasteiger partial charge in [-0.05, 0) is 61.5 Å². The van der Waals surface area contributed by atoms with E-state index in [-0.39, 0.29) is 18.4 Å². The highest BCUT2D eigenvalue weighted by Gasteiger charge is 2.34. The summed E-state index contributed by atoms with van der Waals surface area (Å²) in [5.41, 5.74) is 3.79. The number of carbonyl (C=O) groups is 1. The Bertz CT molecular complexity index is 1130. The van der Waals surface area contributed by atoms with Crippen LogP contribution in [0, 0.1) is 0 Å². The van der Waals surface area contributed by atoms with Crippen molar-refractivity contribution in [3.8, 4) is 5.75 Å². The molecule has 1 amide bonds. The van der Waals surface area contributed by atoms with Crippen LogP contribution in [0.15, 0.2) is 51.4 Å². The Morgan fingerprint density at radius 1 is 1.18 bits per heavy atom. The van der Waals surface area contributed by atoms with Gasteiger partial charge in [0.2, 0.25) is 11.9 Å². The lowest BCUT2D eigenvalue weighted by atomic mass is 9.94. The molecule has 2 heterocycles. The minimum Gasteiger partial charge on any atom is -0.506 e. The van der Waals surface area contributed by atoms with Crippen LogP contribution in [0.5, 0.6) is 5.75 Å². The summed E-state index contributed by atoms with van der Waals surface area (Å²) in [6.45, 7) is 1.35. The molecule has 0 radical (unpaired) electrons. The topological polar surface area (TPSA) is 79.6 Å². The first-order chi connectivity index (χ1) is 15.9. The van der Waals surface area contributed by atoms with E-state index in [1.807, 2.05) is 61.1 Å². The van der Waals surface area contributed by atoms with Gasteiger partial charge < -0.3 is 20.1 Å². The Morgan fingerprint density at radius 3 is 2.55 bits per heavy atom. The van der Waals surface area contributed by atoms with Gasteiger partial charge in [0.1, 0.15) is 12.5 Å². The zero-order valence-corrected chi connectivity index (χ0v) is 21.7. The SMILES string of the molecule is CNc1nc2c(n1COCc1ccccc1)C(Cc1cc(Br)c(O)c(Br)c1)C(=O)N(C)CC2. The quantitative estimate of drug-likeness (QED) is 0.426. The monoisotopic (exact) mass is 576 g/mol. The van der Waals surface area contributed by atoms with Crippen molar-refractivity contribution >= 4 is 43.7 Å². The smallest absolute Gasteiger partial charge is 0.231 e. The first-order valence-corrected chi connectivity index (χ1v) is 12.3. The molecular formula is C24H26Br2N4O3. The Morgan fingerprint density at radius 2 is 1.88 bits per heavy atom. The number of amides is 1. The highest BCUT2D eigenvalue weighted by Crippen LogP contribution is 2.37. The maximum atomic E-state index is 13.4. The molecule has 1 aromatic heterocycles. The van der Waals surface area contributed by atoms with Crippen molar-refractivity contribution in [3.63, 3.8) is 0 Å². The maximum Gasteiger partial charge on any atom is 0.231 e. The number of anilines is 1. The van der Waals surface area contributed by atoms with Gasteiger partial charge in [0.25, 0.3) is 0 Å². The number of nitrogens with one attached hydrogen (secondary N) is 1. The fraction of sp³-hybridized carbons (Fsp3) is 0.333. The molecule has 4 rings (SSSR count). The summed E-state index contributed by atoms with van der Waals surface area (Å²) in [7, 11) is 3.66. The van der Waals surface area contributed by atoms with Gasteiger partial charge >= 0.3 is 0 Å². The number of aromatic hydroxyl groups is 1. The van der Waals surface area contributed by atoms with Gasteiger partial charge in [0.05, 0.1) is 32.9 Å². The standard InChI is InChI=1S/C24H26Br2N4O3/c1-27-24-28-20-8-9-29(2)23(32)17(10-16-11-18(25)22(31)19(26)12-16)21(20)30(24)14-33-13-15-6-4-3-5-7-15/h3-7,11-12,17,31H,8-10,13-14H2,1-2H3,(H,27,28). The molecule has 0 spiro atoms. The second-order valence-electron chi connectivity index (χ2n) is 8.08. The molecule has 1 aliphatic rings. The molecule has 2 aromatic carbocycles. The van der Waals surface area contributed by atoms with Gasteiger partial charge in [0, 0.05) is 27.1 Å². The van der Waals surface area contributed by atoms with Crippen LogP contribution in [0.4, 0.5) is 5.95 Å². The predicted molar refractivity (Wildman–Crippen MR) is 134 cm³/mol. The van der Waals surface area contributed by atoms with Crippen LogP contribution in [0.25, 0.3) is 0 Å². The minimum absolute atomic E-state index is 0.0425. The number of hydrogen-bond donors (Lipinski definition) is 2. The van der Waals surface area contributed by atoms with Crippen molar-refractivity contribution in [2.24, 2.45) is 0 Å². The number of likely N-dealkylation sites (N-methyl/N-ethyl adjacent to an activating group) is 1. The Balaban J connectivity index is 1.68. The number of fused-ring (bicyclic) bond motifs is 1. The van der Waals surface area contributed by atoms with E-state index in [0.29, 0.717) is 40.9 Å². The van der Waals surface area contributed by atoms with Crippen molar-refractivity contribution < 1.29 is 14.6 Å². The maximum absolute atomic E-state index is 13.4. The number of imidazole rings is 1. The van der Waals surface area contributed by atoms with E-state index < -0.39 is 5.92 Å². The fourth-order valence-electron chi connectivity index (χ4n) is 4.16. The van der Waals surface area contributed by atoms with E-state index in [9.17, 15) is 9.90 Å². The molecule has 0 saturated carbocycles. The first kappa shape index (κ1) is 23.8. The van der Waals surface area contributed by atoms with Crippen LogP contribution >= 0.6 is 31.9 Å². The van der Waals surface area contributed by atoms with E-state index in [2.05, 4.69) is 37.2 Å². The third kappa shape index (κ3) is 5.10. The number of ether oxygens (including phenoxy) is 1. The number of aromatic nitrogens is 2. The third-order valence-corrected chi connectivity index (χ3v) is 7.05. The van der Waals surface area contributed by atoms with Gasteiger partial charge in [-0.1, -0.05) is 30.3 Å². The molecule has 174 valence electrons. The number of halogens is 2. The Kier molecular flexibility index (Phi) is 7.41. The summed E-state index contributed by atoms with van der Waals surface area (Å²) in [6, 6.07) is 13.7. The zero-order valence-electron chi connectivity index (χ0n) is 18.5. The highest BCUT2D eigenvalue weighted by molar-refractivity contribution is 9.11. The lowest BCUT2D eigenvalue weighted by Crippen LogP contribution is -2.33. The van der Waals surface area contributed by atoms with E-state index in [1.54, 1.807) is 4.90 Å². The number of nitrogens with zero attached hydrogens (tertiary/aromatic N) is 3. The summed E-state index contributed by atoms with van der Waals surface area (Å²) in [6.07, 6.45) is 1.15. The van der Waals surface area contributed by atoms with E-state index in [1.165, 1.54) is 0 Å². The van der Waals surface area contributed by atoms with Crippen molar-refractivity contribution in [2.45, 2.75) is 32.1 Å². The average Bonchev–Trinajstić information content (AvgIpc) is 3.11. The van der Waals surface area contributed by atoms with Gasteiger partial charge in [-0.2, -0.15) is 0 Å². The second kappa shape index (κ2) is 10.3. The number of benzene rings is 2. The van der Waals surface area contributed by atoms with Crippen LogP contribution in [0.2, 0.25) is 0 Å². The van der Waals surface area contributed by atoms with Gasteiger partial charge in [-0.3, -0.25) is 9.36 Å². The number of phenols is 1. The molecule has 9 heteroatoms.